The summed E-state index contributed by atoms with van der Waals surface area (Å²) in [5.74, 6) is 0.804. The first-order valence-corrected chi connectivity index (χ1v) is 6.80. The molecule has 1 aliphatic rings. The number of Topliss-reactive ketones (excluding diaryl/α,β-unsaturated/α-hetero) is 1. The average Bonchev–Trinajstić information content (AvgIpc) is 2.99. The Balaban J connectivity index is 1.94. The third-order valence-electron chi connectivity index (χ3n) is 3.35. The van der Waals surface area contributed by atoms with Gasteiger partial charge in [-0.05, 0) is 36.8 Å². The Morgan fingerprint density at radius 1 is 1.18 bits per heavy atom. The van der Waals surface area contributed by atoms with Crippen LogP contribution in [-0.2, 0) is 0 Å². The van der Waals surface area contributed by atoms with Gasteiger partial charge in [-0.3, -0.25) is 4.79 Å². The van der Waals surface area contributed by atoms with Crippen LogP contribution in [0.5, 0.6) is 11.5 Å². The Hall–Kier alpha value is -3.06. The molecule has 2 aromatic rings. The summed E-state index contributed by atoms with van der Waals surface area (Å²) >= 11 is 0. The number of carbonyl (C=O) groups excluding carboxylic acids is 1. The van der Waals surface area contributed by atoms with Crippen molar-refractivity contribution in [3.63, 3.8) is 0 Å². The number of hydrogen-bond donors (Lipinski definition) is 0. The normalized spacial score (nSPS) is 12.8. The van der Waals surface area contributed by atoms with E-state index in [9.17, 15) is 10.1 Å². The summed E-state index contributed by atoms with van der Waals surface area (Å²) in [6.07, 6.45) is 1.60. The van der Waals surface area contributed by atoms with Gasteiger partial charge in [-0.25, -0.2) is 0 Å². The largest absolute Gasteiger partial charge is 0.454 e. The van der Waals surface area contributed by atoms with E-state index >= 15 is 0 Å². The molecule has 2 aromatic carbocycles. The number of nitriles is 1. The molecule has 3 rings (SSSR count). The molecule has 108 valence electrons. The molecule has 0 saturated heterocycles. The van der Waals surface area contributed by atoms with Crippen LogP contribution in [-0.4, -0.2) is 12.6 Å². The van der Waals surface area contributed by atoms with Crippen molar-refractivity contribution in [2.75, 3.05) is 6.79 Å². The molecule has 0 atom stereocenters. The summed E-state index contributed by atoms with van der Waals surface area (Å²) in [7, 11) is 0. The van der Waals surface area contributed by atoms with Gasteiger partial charge in [0.2, 0.25) is 12.6 Å². The first-order chi connectivity index (χ1) is 10.7. The summed E-state index contributed by atoms with van der Waals surface area (Å²) in [6.45, 7) is 2.11. The van der Waals surface area contributed by atoms with Crippen molar-refractivity contribution >= 4 is 11.9 Å². The van der Waals surface area contributed by atoms with Crippen molar-refractivity contribution in [3.05, 3.63) is 64.7 Å². The molecule has 0 aliphatic carbocycles. The zero-order valence-corrected chi connectivity index (χ0v) is 12.0. The van der Waals surface area contributed by atoms with Gasteiger partial charge in [0, 0.05) is 5.56 Å². The minimum absolute atomic E-state index is 0.0875. The van der Waals surface area contributed by atoms with Crippen molar-refractivity contribution in [3.8, 4) is 17.6 Å². The third kappa shape index (κ3) is 2.70. The quantitative estimate of drug-likeness (QED) is 0.493. The van der Waals surface area contributed by atoms with Gasteiger partial charge in [0.15, 0.2) is 11.5 Å². The van der Waals surface area contributed by atoms with Crippen molar-refractivity contribution in [1.82, 2.24) is 0 Å². The Kier molecular flexibility index (Phi) is 3.63. The number of allylic oxidation sites excluding steroid dienone is 1. The SMILES string of the molecule is Cc1cccc(/C=C(/C#N)C(=O)c2ccc3c(c2)OCO3)c1. The number of rotatable bonds is 3. The molecule has 0 spiro atoms. The highest BCUT2D eigenvalue weighted by atomic mass is 16.7. The minimum Gasteiger partial charge on any atom is -0.454 e. The van der Waals surface area contributed by atoms with E-state index in [0.29, 0.717) is 17.1 Å². The maximum Gasteiger partial charge on any atom is 0.231 e. The number of hydrogen-bond acceptors (Lipinski definition) is 4. The van der Waals surface area contributed by atoms with E-state index < -0.39 is 0 Å². The lowest BCUT2D eigenvalue weighted by molar-refractivity contribution is 0.103. The predicted molar refractivity (Wildman–Crippen MR) is 81.7 cm³/mol. The molecule has 1 heterocycles. The summed E-state index contributed by atoms with van der Waals surface area (Å²) in [5, 5.41) is 9.29. The summed E-state index contributed by atoms with van der Waals surface area (Å²) in [6, 6.07) is 14.5. The van der Waals surface area contributed by atoms with E-state index in [1.165, 1.54) is 0 Å². The summed E-state index contributed by atoms with van der Waals surface area (Å²) < 4.78 is 10.5. The maximum absolute atomic E-state index is 12.5. The molecule has 0 fully saturated rings. The van der Waals surface area contributed by atoms with Crippen molar-refractivity contribution < 1.29 is 14.3 Å². The van der Waals surface area contributed by atoms with Crippen LogP contribution in [0.25, 0.3) is 6.08 Å². The first kappa shape index (κ1) is 13.9. The molecule has 4 heteroatoms. The van der Waals surface area contributed by atoms with E-state index in [-0.39, 0.29) is 18.1 Å². The molecular weight excluding hydrogens is 278 g/mol. The lowest BCUT2D eigenvalue weighted by Gasteiger charge is -2.02. The smallest absolute Gasteiger partial charge is 0.231 e. The highest BCUT2D eigenvalue weighted by Gasteiger charge is 2.18. The monoisotopic (exact) mass is 291 g/mol. The second-order valence-electron chi connectivity index (χ2n) is 4.98. The molecular formula is C18H13NO3. The Morgan fingerprint density at radius 2 is 2.00 bits per heavy atom. The van der Waals surface area contributed by atoms with Gasteiger partial charge in [0.05, 0.1) is 0 Å². The van der Waals surface area contributed by atoms with Crippen LogP contribution in [0.3, 0.4) is 0 Å². The Morgan fingerprint density at radius 3 is 2.77 bits per heavy atom. The van der Waals surface area contributed by atoms with Crippen molar-refractivity contribution in [2.24, 2.45) is 0 Å². The molecule has 0 unspecified atom stereocenters. The zero-order valence-electron chi connectivity index (χ0n) is 12.0. The van der Waals surface area contributed by atoms with Gasteiger partial charge in [-0.1, -0.05) is 29.8 Å². The van der Waals surface area contributed by atoms with Crippen LogP contribution in [0.1, 0.15) is 21.5 Å². The highest BCUT2D eigenvalue weighted by molar-refractivity contribution is 6.14. The molecule has 0 aromatic heterocycles. The molecule has 0 amide bonds. The number of benzene rings is 2. The topological polar surface area (TPSA) is 59.3 Å². The standard InChI is InChI=1S/C18H13NO3/c1-12-3-2-4-13(7-12)8-15(10-19)18(20)14-5-6-16-17(9-14)22-11-21-16/h2-9H,11H2,1H3/b15-8-. The second kappa shape index (κ2) is 5.74. The van der Waals surface area contributed by atoms with Crippen LogP contribution in [0.4, 0.5) is 0 Å². The zero-order chi connectivity index (χ0) is 15.5. The molecule has 0 saturated carbocycles. The average molecular weight is 291 g/mol. The van der Waals surface area contributed by atoms with Gasteiger partial charge < -0.3 is 9.47 Å². The molecule has 0 N–H and O–H groups in total. The fourth-order valence-corrected chi connectivity index (χ4v) is 2.27. The first-order valence-electron chi connectivity index (χ1n) is 6.80. The molecule has 22 heavy (non-hydrogen) atoms. The van der Waals surface area contributed by atoms with Crippen LogP contribution < -0.4 is 9.47 Å². The summed E-state index contributed by atoms with van der Waals surface area (Å²) in [4.78, 5) is 12.5. The van der Waals surface area contributed by atoms with Crippen molar-refractivity contribution in [2.45, 2.75) is 6.92 Å². The van der Waals surface area contributed by atoms with Crippen LogP contribution in [0.2, 0.25) is 0 Å². The van der Waals surface area contributed by atoms with E-state index in [1.54, 1.807) is 24.3 Å². The van der Waals surface area contributed by atoms with Gasteiger partial charge >= 0.3 is 0 Å². The lowest BCUT2D eigenvalue weighted by atomic mass is 10.0. The second-order valence-corrected chi connectivity index (χ2v) is 4.98. The fourth-order valence-electron chi connectivity index (χ4n) is 2.27. The van der Waals surface area contributed by atoms with E-state index in [1.807, 2.05) is 37.3 Å². The Labute approximate surface area is 128 Å². The maximum atomic E-state index is 12.5. The van der Waals surface area contributed by atoms with E-state index in [0.717, 1.165) is 11.1 Å². The number of nitrogens with zero attached hydrogens (tertiary/aromatic N) is 1. The molecule has 0 bridgehead atoms. The van der Waals surface area contributed by atoms with Gasteiger partial charge in [-0.15, -0.1) is 0 Å². The number of ether oxygens (including phenoxy) is 2. The molecule has 4 nitrogen and oxygen atoms in total. The van der Waals surface area contributed by atoms with Crippen LogP contribution in [0, 0.1) is 18.3 Å². The van der Waals surface area contributed by atoms with E-state index in [2.05, 4.69) is 0 Å². The predicted octanol–water partition coefficient (Wildman–Crippen LogP) is 3.51. The number of carbonyl (C=O) groups is 1. The lowest BCUT2D eigenvalue weighted by Crippen LogP contribution is -2.02. The fraction of sp³-hybridized carbons (Fsp3) is 0.111. The highest BCUT2D eigenvalue weighted by Crippen LogP contribution is 2.33. The number of aryl methyl sites for hydroxylation is 1. The van der Waals surface area contributed by atoms with Crippen LogP contribution in [0.15, 0.2) is 48.0 Å². The molecule has 0 radical (unpaired) electrons. The van der Waals surface area contributed by atoms with Gasteiger partial charge in [0.1, 0.15) is 11.6 Å². The van der Waals surface area contributed by atoms with E-state index in [4.69, 9.17) is 9.47 Å². The Bertz CT molecular complexity index is 815. The van der Waals surface area contributed by atoms with Crippen LogP contribution >= 0.6 is 0 Å². The third-order valence-corrected chi connectivity index (χ3v) is 3.35. The summed E-state index contributed by atoms with van der Waals surface area (Å²) in [5.41, 5.74) is 2.39. The molecule has 1 aliphatic heterocycles. The minimum atomic E-state index is -0.331. The van der Waals surface area contributed by atoms with Gasteiger partial charge in [-0.2, -0.15) is 5.26 Å². The number of ketones is 1. The van der Waals surface area contributed by atoms with Gasteiger partial charge in [0.25, 0.3) is 0 Å². The van der Waals surface area contributed by atoms with Crippen molar-refractivity contribution in [1.29, 1.82) is 5.26 Å². The number of fused-ring (bicyclic) bond motifs is 1.